The summed E-state index contributed by atoms with van der Waals surface area (Å²) >= 11 is 5.10. The maximum absolute atomic E-state index is 11.6. The molecular weight excluding hydrogens is 312 g/mol. The predicted molar refractivity (Wildman–Crippen MR) is 81.6 cm³/mol. The van der Waals surface area contributed by atoms with E-state index in [1.165, 1.54) is 0 Å². The van der Waals surface area contributed by atoms with E-state index in [2.05, 4.69) is 52.4 Å². The molecule has 1 unspecified atom stereocenters. The number of nitrogens with zero attached hydrogens (tertiary/aromatic N) is 1. The summed E-state index contributed by atoms with van der Waals surface area (Å²) in [6, 6.07) is 0. The number of carbonyl (C=O) groups excluding carboxylic acids is 1. The first-order valence-corrected chi connectivity index (χ1v) is 7.72. The Labute approximate surface area is 122 Å². The van der Waals surface area contributed by atoms with Crippen LogP contribution < -0.4 is 5.32 Å². The molecule has 1 N–H and O–H groups in total. The van der Waals surface area contributed by atoms with Crippen LogP contribution >= 0.6 is 27.3 Å². The maximum Gasteiger partial charge on any atom is 0.183 e. The summed E-state index contributed by atoms with van der Waals surface area (Å²) in [5.41, 5.74) is 0.650. The average Bonchev–Trinajstić information content (AvgIpc) is 2.65. The minimum absolute atomic E-state index is 0.0499. The highest BCUT2D eigenvalue weighted by Crippen LogP contribution is 2.32. The van der Waals surface area contributed by atoms with Crippen LogP contribution in [0.5, 0.6) is 0 Å². The van der Waals surface area contributed by atoms with E-state index < -0.39 is 5.41 Å². The van der Waals surface area contributed by atoms with Crippen molar-refractivity contribution in [3.8, 4) is 0 Å². The molecule has 0 aliphatic heterocycles. The summed E-state index contributed by atoms with van der Waals surface area (Å²) in [6.07, 6.45) is 0. The van der Waals surface area contributed by atoms with Gasteiger partial charge in [-0.2, -0.15) is 0 Å². The largest absolute Gasteiger partial charge is 0.348 e. The highest BCUT2D eigenvalue weighted by Gasteiger charge is 2.33. The van der Waals surface area contributed by atoms with Crippen molar-refractivity contribution >= 4 is 38.2 Å². The second kappa shape index (κ2) is 5.29. The van der Waals surface area contributed by atoms with E-state index in [-0.39, 0.29) is 16.1 Å². The van der Waals surface area contributed by atoms with Crippen LogP contribution in [0, 0.1) is 5.41 Å². The zero-order chi connectivity index (χ0) is 14.1. The lowest BCUT2D eigenvalue weighted by atomic mass is 9.89. The van der Waals surface area contributed by atoms with Gasteiger partial charge in [0.05, 0.1) is 16.1 Å². The van der Waals surface area contributed by atoms with Gasteiger partial charge < -0.3 is 5.32 Å². The Morgan fingerprint density at radius 1 is 1.39 bits per heavy atom. The summed E-state index contributed by atoms with van der Waals surface area (Å²) in [5, 5.41) is 6.16. The van der Waals surface area contributed by atoms with Crippen molar-refractivity contribution < 1.29 is 4.79 Å². The molecule has 1 heterocycles. The Hall–Kier alpha value is -0.420. The highest BCUT2D eigenvalue weighted by atomic mass is 79.9. The van der Waals surface area contributed by atoms with E-state index in [9.17, 15) is 4.79 Å². The summed E-state index contributed by atoms with van der Waals surface area (Å²) in [5.74, 6) is 0.143. The molecule has 0 bridgehead atoms. The number of anilines is 1. The molecule has 0 aliphatic carbocycles. The number of ketones is 1. The van der Waals surface area contributed by atoms with Gasteiger partial charge in [-0.05, 0) is 6.92 Å². The smallest absolute Gasteiger partial charge is 0.183 e. The monoisotopic (exact) mass is 332 g/mol. The van der Waals surface area contributed by atoms with Gasteiger partial charge >= 0.3 is 0 Å². The van der Waals surface area contributed by atoms with Crippen LogP contribution in [0.3, 0.4) is 0 Å². The van der Waals surface area contributed by atoms with Crippen molar-refractivity contribution in [2.75, 3.05) is 5.32 Å². The molecular formula is C13H21BrN2OS. The molecule has 0 radical (unpaired) electrons. The Balaban J connectivity index is 2.80. The molecule has 102 valence electrons. The lowest BCUT2D eigenvalue weighted by Crippen LogP contribution is -2.36. The Bertz CT molecular complexity index is 434. The third kappa shape index (κ3) is 3.54. The summed E-state index contributed by atoms with van der Waals surface area (Å²) < 4.78 is 0. The molecule has 1 aromatic heterocycles. The third-order valence-corrected chi connectivity index (χ3v) is 5.21. The van der Waals surface area contributed by atoms with Crippen LogP contribution in [-0.2, 0) is 10.2 Å². The molecule has 1 atom stereocenters. The van der Waals surface area contributed by atoms with Gasteiger partial charge in [-0.3, -0.25) is 4.79 Å². The molecule has 0 amide bonds. The number of nitrogens with one attached hydrogen (secondary N) is 1. The standard InChI is InChI=1S/C13H21BrN2OS/c1-8(17)13(5,6)10(14)16-11-15-9(7-18-11)12(2,3)4/h7,10H,1-6H3,(H,15,16). The molecule has 3 nitrogen and oxygen atoms in total. The second-order valence-corrected chi connectivity index (χ2v) is 7.85. The van der Waals surface area contributed by atoms with E-state index in [0.29, 0.717) is 0 Å². The minimum atomic E-state index is -0.465. The van der Waals surface area contributed by atoms with Crippen molar-refractivity contribution in [3.63, 3.8) is 0 Å². The van der Waals surface area contributed by atoms with Crippen molar-refractivity contribution in [3.05, 3.63) is 11.1 Å². The zero-order valence-electron chi connectivity index (χ0n) is 11.8. The molecule has 18 heavy (non-hydrogen) atoms. The number of thiazole rings is 1. The zero-order valence-corrected chi connectivity index (χ0v) is 14.2. The lowest BCUT2D eigenvalue weighted by Gasteiger charge is -2.27. The number of alkyl halides is 1. The van der Waals surface area contributed by atoms with Crippen molar-refractivity contribution in [1.29, 1.82) is 0 Å². The average molecular weight is 333 g/mol. The molecule has 0 aliphatic rings. The first-order chi connectivity index (χ1) is 8.05. The third-order valence-electron chi connectivity index (χ3n) is 3.06. The Morgan fingerprint density at radius 2 is 1.94 bits per heavy atom. The summed E-state index contributed by atoms with van der Waals surface area (Å²) in [6.45, 7) is 11.9. The number of aromatic nitrogens is 1. The first kappa shape index (κ1) is 15.6. The molecule has 0 fully saturated rings. The van der Waals surface area contributed by atoms with Gasteiger partial charge in [0.2, 0.25) is 0 Å². The van der Waals surface area contributed by atoms with E-state index in [1.54, 1.807) is 18.3 Å². The number of carbonyl (C=O) groups is 1. The highest BCUT2D eigenvalue weighted by molar-refractivity contribution is 9.09. The number of hydrogen-bond donors (Lipinski definition) is 1. The normalized spacial score (nSPS) is 14.4. The van der Waals surface area contributed by atoms with Gasteiger partial charge in [-0.25, -0.2) is 4.98 Å². The number of halogens is 1. The van der Waals surface area contributed by atoms with Gasteiger partial charge in [0.15, 0.2) is 5.13 Å². The van der Waals surface area contributed by atoms with Gasteiger partial charge in [-0.15, -0.1) is 11.3 Å². The fraction of sp³-hybridized carbons (Fsp3) is 0.692. The minimum Gasteiger partial charge on any atom is -0.348 e. The summed E-state index contributed by atoms with van der Waals surface area (Å²) in [4.78, 5) is 16.0. The van der Waals surface area contributed by atoms with Crippen molar-refractivity contribution in [1.82, 2.24) is 4.98 Å². The Kier molecular flexibility index (Phi) is 4.60. The molecule has 0 aromatic carbocycles. The fourth-order valence-electron chi connectivity index (χ4n) is 1.15. The van der Waals surface area contributed by atoms with Crippen LogP contribution in [0.15, 0.2) is 5.38 Å². The molecule has 0 saturated heterocycles. The second-order valence-electron chi connectivity index (χ2n) is 6.07. The van der Waals surface area contributed by atoms with Crippen LogP contribution in [0.2, 0.25) is 0 Å². The van der Waals surface area contributed by atoms with Gasteiger partial charge in [-0.1, -0.05) is 50.5 Å². The van der Waals surface area contributed by atoms with Crippen molar-refractivity contribution in [2.24, 2.45) is 5.41 Å². The first-order valence-electron chi connectivity index (χ1n) is 5.93. The van der Waals surface area contributed by atoms with Crippen molar-refractivity contribution in [2.45, 2.75) is 51.9 Å². The lowest BCUT2D eigenvalue weighted by molar-refractivity contribution is -0.124. The van der Waals surface area contributed by atoms with Crippen LogP contribution in [-0.4, -0.2) is 15.7 Å². The van der Waals surface area contributed by atoms with E-state index >= 15 is 0 Å². The molecule has 0 saturated carbocycles. The maximum atomic E-state index is 11.6. The molecule has 5 heteroatoms. The number of hydrogen-bond acceptors (Lipinski definition) is 4. The molecule has 1 aromatic rings. The predicted octanol–water partition coefficient (Wildman–Crippen LogP) is 4.19. The Morgan fingerprint density at radius 3 is 2.33 bits per heavy atom. The molecule has 1 rings (SSSR count). The number of rotatable bonds is 4. The van der Waals surface area contributed by atoms with E-state index in [0.717, 1.165) is 10.8 Å². The van der Waals surface area contributed by atoms with Crippen LogP contribution in [0.25, 0.3) is 0 Å². The molecule has 0 spiro atoms. The van der Waals surface area contributed by atoms with E-state index in [1.807, 2.05) is 13.8 Å². The fourth-order valence-corrected chi connectivity index (χ4v) is 2.81. The van der Waals surface area contributed by atoms with E-state index in [4.69, 9.17) is 0 Å². The van der Waals surface area contributed by atoms with Crippen LogP contribution in [0.1, 0.15) is 47.2 Å². The quantitative estimate of drug-likeness (QED) is 0.664. The van der Waals surface area contributed by atoms with Gasteiger partial charge in [0.1, 0.15) is 5.78 Å². The van der Waals surface area contributed by atoms with Crippen LogP contribution in [0.4, 0.5) is 5.13 Å². The number of Topliss-reactive ketones (excluding diaryl/α,β-unsaturated/α-hetero) is 1. The van der Waals surface area contributed by atoms with Gasteiger partial charge in [0.25, 0.3) is 0 Å². The SMILES string of the molecule is CC(=O)C(C)(C)C(Br)Nc1nc(C(C)(C)C)cs1. The summed E-state index contributed by atoms with van der Waals surface area (Å²) in [7, 11) is 0. The topological polar surface area (TPSA) is 42.0 Å². The van der Waals surface area contributed by atoms with Gasteiger partial charge in [0, 0.05) is 10.8 Å².